The number of carbonyl (C=O) groups excluding carboxylic acids is 1. The van der Waals surface area contributed by atoms with E-state index in [-0.39, 0.29) is 0 Å². The fourth-order valence-electron chi connectivity index (χ4n) is 1.92. The number of carbonyl (C=O) groups is 1. The summed E-state index contributed by atoms with van der Waals surface area (Å²) in [5.41, 5.74) is -0.524. The fraction of sp³-hybridized carbons (Fsp3) is 0.875. The van der Waals surface area contributed by atoms with Gasteiger partial charge in [0.2, 0.25) is 0 Å². The Balaban J connectivity index is 3.72. The van der Waals surface area contributed by atoms with Crippen molar-refractivity contribution in [3.63, 3.8) is 0 Å². The van der Waals surface area contributed by atoms with Crippen LogP contribution in [0.25, 0.3) is 0 Å². The average molecular weight is 282 g/mol. The summed E-state index contributed by atoms with van der Waals surface area (Å²) >= 11 is 0. The number of amides is 1. The smallest absolute Gasteiger partial charge is 0.408 e. The van der Waals surface area contributed by atoms with Crippen LogP contribution in [0.15, 0.2) is 0 Å². The van der Waals surface area contributed by atoms with E-state index in [1.165, 1.54) is 32.1 Å². The molecule has 0 aliphatic heterocycles. The van der Waals surface area contributed by atoms with Gasteiger partial charge in [0.1, 0.15) is 11.6 Å². The van der Waals surface area contributed by atoms with Gasteiger partial charge in [-0.25, -0.2) is 4.79 Å². The molecule has 0 radical (unpaired) electrons. The molecule has 0 saturated heterocycles. The van der Waals surface area contributed by atoms with Gasteiger partial charge < -0.3 is 10.1 Å². The number of ether oxygens (including phenoxy) is 1. The zero-order chi connectivity index (χ0) is 15.4. The largest absolute Gasteiger partial charge is 0.444 e. The first-order chi connectivity index (χ1) is 9.39. The van der Waals surface area contributed by atoms with Crippen molar-refractivity contribution in [3.8, 4) is 6.07 Å². The Kier molecular flexibility index (Phi) is 9.88. The third-order valence-corrected chi connectivity index (χ3v) is 2.94. The maximum absolute atomic E-state index is 11.6. The third kappa shape index (κ3) is 11.8. The van der Waals surface area contributed by atoms with Crippen LogP contribution in [0.1, 0.15) is 79.1 Å². The molecule has 0 aromatic rings. The van der Waals surface area contributed by atoms with E-state index in [1.54, 1.807) is 0 Å². The predicted octanol–water partition coefficient (Wildman–Crippen LogP) is 4.54. The number of nitrogens with zero attached hydrogens (tertiary/aromatic N) is 1. The van der Waals surface area contributed by atoms with Crippen LogP contribution in [0, 0.1) is 11.3 Å². The van der Waals surface area contributed by atoms with E-state index in [0.29, 0.717) is 6.42 Å². The van der Waals surface area contributed by atoms with E-state index in [1.807, 2.05) is 20.8 Å². The van der Waals surface area contributed by atoms with Gasteiger partial charge in [0.05, 0.1) is 6.07 Å². The summed E-state index contributed by atoms with van der Waals surface area (Å²) in [6, 6.07) is 1.67. The lowest BCUT2D eigenvalue weighted by molar-refractivity contribution is 0.0513. The van der Waals surface area contributed by atoms with Crippen LogP contribution in [-0.4, -0.2) is 17.7 Å². The van der Waals surface area contributed by atoms with Gasteiger partial charge >= 0.3 is 6.09 Å². The molecule has 0 saturated carbocycles. The van der Waals surface area contributed by atoms with E-state index in [0.717, 1.165) is 12.8 Å². The lowest BCUT2D eigenvalue weighted by Crippen LogP contribution is -2.38. The van der Waals surface area contributed by atoms with Gasteiger partial charge in [-0.2, -0.15) is 5.26 Å². The number of nitriles is 1. The van der Waals surface area contributed by atoms with E-state index >= 15 is 0 Å². The Bertz CT molecular complexity index is 303. The normalized spacial score (nSPS) is 12.6. The van der Waals surface area contributed by atoms with Crippen molar-refractivity contribution in [1.29, 1.82) is 5.26 Å². The monoisotopic (exact) mass is 282 g/mol. The minimum atomic E-state index is -0.524. The second-order valence-electron chi connectivity index (χ2n) is 6.24. The minimum absolute atomic E-state index is 0.444. The number of alkyl carbamates (subject to hydrolysis) is 1. The van der Waals surface area contributed by atoms with Crippen molar-refractivity contribution in [2.75, 3.05) is 0 Å². The fourth-order valence-corrected chi connectivity index (χ4v) is 1.92. The van der Waals surface area contributed by atoms with E-state index in [2.05, 4.69) is 18.3 Å². The minimum Gasteiger partial charge on any atom is -0.444 e. The third-order valence-electron chi connectivity index (χ3n) is 2.94. The molecule has 1 unspecified atom stereocenters. The van der Waals surface area contributed by atoms with Crippen LogP contribution in [0.2, 0.25) is 0 Å². The second kappa shape index (κ2) is 10.5. The van der Waals surface area contributed by atoms with Gasteiger partial charge in [-0.15, -0.1) is 0 Å². The van der Waals surface area contributed by atoms with Gasteiger partial charge in [-0.1, -0.05) is 51.9 Å². The quantitative estimate of drug-likeness (QED) is 0.631. The molecule has 20 heavy (non-hydrogen) atoms. The van der Waals surface area contributed by atoms with Crippen LogP contribution in [0.3, 0.4) is 0 Å². The topological polar surface area (TPSA) is 62.1 Å². The molecular weight excluding hydrogens is 252 g/mol. The Morgan fingerprint density at radius 2 is 1.70 bits per heavy atom. The second-order valence-corrected chi connectivity index (χ2v) is 6.24. The van der Waals surface area contributed by atoms with E-state index in [9.17, 15) is 4.79 Å². The lowest BCUT2D eigenvalue weighted by atomic mass is 10.1. The van der Waals surface area contributed by atoms with Crippen molar-refractivity contribution in [2.24, 2.45) is 0 Å². The lowest BCUT2D eigenvalue weighted by Gasteiger charge is -2.21. The molecule has 0 aliphatic carbocycles. The van der Waals surface area contributed by atoms with Crippen molar-refractivity contribution >= 4 is 6.09 Å². The number of unbranched alkanes of at least 4 members (excludes halogenated alkanes) is 6. The highest BCUT2D eigenvalue weighted by atomic mass is 16.6. The molecule has 1 N–H and O–H groups in total. The number of rotatable bonds is 9. The first kappa shape index (κ1) is 18.8. The maximum Gasteiger partial charge on any atom is 0.408 e. The van der Waals surface area contributed by atoms with Crippen LogP contribution < -0.4 is 5.32 Å². The van der Waals surface area contributed by atoms with Gasteiger partial charge in [0, 0.05) is 0 Å². The van der Waals surface area contributed by atoms with Crippen LogP contribution >= 0.6 is 0 Å². The van der Waals surface area contributed by atoms with E-state index in [4.69, 9.17) is 10.00 Å². The molecule has 4 heteroatoms. The Morgan fingerprint density at radius 3 is 2.20 bits per heavy atom. The molecule has 0 rings (SSSR count). The highest BCUT2D eigenvalue weighted by Gasteiger charge is 2.18. The molecule has 0 spiro atoms. The van der Waals surface area contributed by atoms with Crippen molar-refractivity contribution in [3.05, 3.63) is 0 Å². The van der Waals surface area contributed by atoms with Crippen molar-refractivity contribution < 1.29 is 9.53 Å². The van der Waals surface area contributed by atoms with Crippen LogP contribution in [0.4, 0.5) is 4.79 Å². The first-order valence-electron chi connectivity index (χ1n) is 7.78. The van der Waals surface area contributed by atoms with Gasteiger partial charge in [-0.05, 0) is 27.2 Å². The zero-order valence-electron chi connectivity index (χ0n) is 13.5. The van der Waals surface area contributed by atoms with Gasteiger partial charge in [0.25, 0.3) is 0 Å². The molecule has 0 aromatic heterocycles. The summed E-state index contributed by atoms with van der Waals surface area (Å²) in [7, 11) is 0. The van der Waals surface area contributed by atoms with Crippen molar-refractivity contribution in [1.82, 2.24) is 5.32 Å². The average Bonchev–Trinajstić information content (AvgIpc) is 2.34. The summed E-state index contributed by atoms with van der Waals surface area (Å²) in [5, 5.41) is 11.6. The Labute approximate surface area is 123 Å². The van der Waals surface area contributed by atoms with Crippen LogP contribution in [0.5, 0.6) is 0 Å². The Morgan fingerprint density at radius 1 is 1.15 bits per heavy atom. The summed E-state index contributed by atoms with van der Waals surface area (Å²) in [5.74, 6) is 0. The molecule has 1 amide bonds. The predicted molar refractivity (Wildman–Crippen MR) is 81.4 cm³/mol. The van der Waals surface area contributed by atoms with Crippen molar-refractivity contribution in [2.45, 2.75) is 90.7 Å². The molecule has 0 aliphatic rings. The molecule has 4 nitrogen and oxygen atoms in total. The Hall–Kier alpha value is -1.24. The van der Waals surface area contributed by atoms with Gasteiger partial charge in [0.15, 0.2) is 0 Å². The SMILES string of the molecule is CCCCCCCCCC(C#N)NC(=O)OC(C)(C)C. The summed E-state index contributed by atoms with van der Waals surface area (Å²) in [4.78, 5) is 11.6. The molecule has 116 valence electrons. The maximum atomic E-state index is 11.6. The number of hydrogen-bond donors (Lipinski definition) is 1. The zero-order valence-corrected chi connectivity index (χ0v) is 13.5. The molecule has 0 aromatic carbocycles. The standard InChI is InChI=1S/C16H30N2O2/c1-5-6-7-8-9-10-11-12-14(13-17)18-15(19)20-16(2,3)4/h14H,5-12H2,1-4H3,(H,18,19). The van der Waals surface area contributed by atoms with Crippen LogP contribution in [-0.2, 0) is 4.74 Å². The molecule has 0 bridgehead atoms. The van der Waals surface area contributed by atoms with Gasteiger partial charge in [-0.3, -0.25) is 0 Å². The summed E-state index contributed by atoms with van der Waals surface area (Å²) in [6.45, 7) is 7.64. The number of hydrogen-bond acceptors (Lipinski definition) is 3. The molecule has 1 atom stereocenters. The highest BCUT2D eigenvalue weighted by molar-refractivity contribution is 5.68. The first-order valence-corrected chi connectivity index (χ1v) is 7.78. The number of nitrogens with one attached hydrogen (secondary N) is 1. The molecular formula is C16H30N2O2. The highest BCUT2D eigenvalue weighted by Crippen LogP contribution is 2.11. The molecule has 0 fully saturated rings. The summed E-state index contributed by atoms with van der Waals surface area (Å²) < 4.78 is 5.14. The van der Waals surface area contributed by atoms with E-state index < -0.39 is 17.7 Å². The molecule has 0 heterocycles. The summed E-state index contributed by atoms with van der Waals surface area (Å²) in [6.07, 6.45) is 8.63.